The van der Waals surface area contributed by atoms with E-state index in [9.17, 15) is 4.79 Å². The van der Waals surface area contributed by atoms with Gasteiger partial charge in [-0.25, -0.2) is 0 Å². The van der Waals surface area contributed by atoms with Crippen LogP contribution >= 0.6 is 0 Å². The van der Waals surface area contributed by atoms with E-state index in [4.69, 9.17) is 4.74 Å². The molecule has 1 N–H and O–H groups in total. The molecule has 1 unspecified atom stereocenters. The minimum Gasteiger partial charge on any atom is -0.371 e. The molecule has 2 rings (SSSR count). The Bertz CT molecular complexity index is 577. The first-order valence-corrected chi connectivity index (χ1v) is 7.87. The van der Waals surface area contributed by atoms with E-state index in [2.05, 4.69) is 17.0 Å². The number of ether oxygens (including phenoxy) is 1. The van der Waals surface area contributed by atoms with E-state index in [1.165, 1.54) is 0 Å². The Kier molecular flexibility index (Phi) is 5.06. The summed E-state index contributed by atoms with van der Waals surface area (Å²) >= 11 is 0. The maximum absolute atomic E-state index is 12.4. The van der Waals surface area contributed by atoms with Crippen LogP contribution in [0.5, 0.6) is 0 Å². The minimum atomic E-state index is -0.102. The molecule has 1 aliphatic rings. The van der Waals surface area contributed by atoms with Crippen molar-refractivity contribution in [1.82, 2.24) is 15.1 Å². The number of nitrogens with zero attached hydrogens (tertiary/aromatic N) is 2. The highest BCUT2D eigenvalue weighted by Gasteiger charge is 2.35. The van der Waals surface area contributed by atoms with Gasteiger partial charge in [-0.2, -0.15) is 5.10 Å². The summed E-state index contributed by atoms with van der Waals surface area (Å²) in [7, 11) is 1.93. The van der Waals surface area contributed by atoms with Crippen LogP contribution in [0.15, 0.2) is 12.2 Å². The molecule has 122 valence electrons. The van der Waals surface area contributed by atoms with Crippen molar-refractivity contribution in [3.8, 4) is 0 Å². The van der Waals surface area contributed by atoms with Gasteiger partial charge in [0.25, 0.3) is 0 Å². The van der Waals surface area contributed by atoms with Gasteiger partial charge < -0.3 is 10.1 Å². The van der Waals surface area contributed by atoms with Crippen LogP contribution in [-0.2, 0) is 16.6 Å². The summed E-state index contributed by atoms with van der Waals surface area (Å²) in [5, 5.41) is 7.61. The van der Waals surface area contributed by atoms with Gasteiger partial charge in [-0.05, 0) is 33.6 Å². The second-order valence-corrected chi connectivity index (χ2v) is 6.47. The summed E-state index contributed by atoms with van der Waals surface area (Å²) in [6.07, 6.45) is 1.45. The molecule has 1 amide bonds. The number of carbonyl (C=O) groups is 1. The number of hydrogen-bond donors (Lipinski definition) is 1. The van der Waals surface area contributed by atoms with E-state index < -0.39 is 0 Å². The van der Waals surface area contributed by atoms with Gasteiger partial charge >= 0.3 is 0 Å². The Morgan fingerprint density at radius 2 is 2.23 bits per heavy atom. The highest BCUT2D eigenvalue weighted by molar-refractivity contribution is 5.79. The van der Waals surface area contributed by atoms with Crippen LogP contribution in [0.3, 0.4) is 0 Å². The number of aromatic nitrogens is 2. The van der Waals surface area contributed by atoms with Crippen molar-refractivity contribution in [2.24, 2.45) is 13.0 Å². The first-order valence-electron chi connectivity index (χ1n) is 7.87. The number of carbonyl (C=O) groups excluding carboxylic acids is 1. The summed E-state index contributed by atoms with van der Waals surface area (Å²) in [5.41, 5.74) is 4.21. The van der Waals surface area contributed by atoms with Crippen LogP contribution < -0.4 is 5.32 Å². The smallest absolute Gasteiger partial charge is 0.223 e. The normalized spacial score (nSPS) is 22.6. The lowest BCUT2D eigenvalue weighted by Gasteiger charge is -2.22. The molecule has 0 radical (unpaired) electrons. The fourth-order valence-corrected chi connectivity index (χ4v) is 3.16. The molecular weight excluding hydrogens is 278 g/mol. The van der Waals surface area contributed by atoms with Gasteiger partial charge in [-0.3, -0.25) is 9.48 Å². The van der Waals surface area contributed by atoms with Crippen LogP contribution in [-0.4, -0.2) is 28.3 Å². The van der Waals surface area contributed by atoms with Gasteiger partial charge in [0.2, 0.25) is 5.91 Å². The summed E-state index contributed by atoms with van der Waals surface area (Å²) in [5.74, 6) is 0.0116. The van der Waals surface area contributed by atoms with E-state index in [-0.39, 0.29) is 24.0 Å². The SMILES string of the molecule is C=C(C)CC(C)C(=O)N[C@@H]1CCO[C@H]1c1c(C)nn(C)c1C. The number of aryl methyl sites for hydroxylation is 2. The Labute approximate surface area is 132 Å². The molecule has 1 aromatic heterocycles. The van der Waals surface area contributed by atoms with E-state index >= 15 is 0 Å². The standard InChI is InChI=1S/C17H27N3O2/c1-10(2)9-11(3)17(21)18-14-7-8-22-16(14)15-12(4)19-20(6)13(15)5/h11,14,16H,1,7-9H2,2-6H3,(H,18,21)/t11?,14-,16-/m1/s1. The largest absolute Gasteiger partial charge is 0.371 e. The molecule has 0 saturated carbocycles. The fraction of sp³-hybridized carbons (Fsp3) is 0.647. The average Bonchev–Trinajstić information content (AvgIpc) is 2.94. The van der Waals surface area contributed by atoms with Gasteiger partial charge in [0.15, 0.2) is 0 Å². The minimum absolute atomic E-state index is 0.0154. The lowest BCUT2D eigenvalue weighted by Crippen LogP contribution is -2.40. The molecule has 0 aromatic carbocycles. The predicted molar refractivity (Wildman–Crippen MR) is 86.5 cm³/mol. The van der Waals surface area contributed by atoms with Gasteiger partial charge in [0.1, 0.15) is 6.10 Å². The summed E-state index contributed by atoms with van der Waals surface area (Å²) in [6, 6.07) is 0.0154. The van der Waals surface area contributed by atoms with Crippen LogP contribution in [0, 0.1) is 19.8 Å². The molecule has 0 spiro atoms. The first-order chi connectivity index (χ1) is 10.3. The molecule has 2 heterocycles. The highest BCUT2D eigenvalue weighted by atomic mass is 16.5. The predicted octanol–water partition coefficient (Wildman–Crippen LogP) is 2.59. The molecular formula is C17H27N3O2. The van der Waals surface area contributed by atoms with Gasteiger partial charge in [0, 0.05) is 30.8 Å². The third-order valence-corrected chi connectivity index (χ3v) is 4.37. The lowest BCUT2D eigenvalue weighted by molar-refractivity contribution is -0.125. The second kappa shape index (κ2) is 6.65. The Balaban J connectivity index is 2.11. The molecule has 0 bridgehead atoms. The molecule has 1 saturated heterocycles. The van der Waals surface area contributed by atoms with Crippen molar-refractivity contribution in [2.45, 2.75) is 52.7 Å². The van der Waals surface area contributed by atoms with Gasteiger partial charge in [0.05, 0.1) is 11.7 Å². The maximum Gasteiger partial charge on any atom is 0.223 e. The third kappa shape index (κ3) is 3.40. The van der Waals surface area contributed by atoms with Crippen molar-refractivity contribution in [3.05, 3.63) is 29.1 Å². The third-order valence-electron chi connectivity index (χ3n) is 4.37. The van der Waals surface area contributed by atoms with Gasteiger partial charge in [-0.15, -0.1) is 6.58 Å². The zero-order valence-electron chi connectivity index (χ0n) is 14.3. The molecule has 5 heteroatoms. The number of hydrogen-bond acceptors (Lipinski definition) is 3. The molecule has 5 nitrogen and oxygen atoms in total. The molecule has 1 aromatic rings. The van der Waals surface area contributed by atoms with Crippen LogP contribution in [0.25, 0.3) is 0 Å². The van der Waals surface area contributed by atoms with Crippen molar-refractivity contribution in [2.75, 3.05) is 6.61 Å². The number of amides is 1. The summed E-state index contributed by atoms with van der Waals surface area (Å²) < 4.78 is 7.77. The summed E-state index contributed by atoms with van der Waals surface area (Å²) in [6.45, 7) is 12.5. The Hall–Kier alpha value is -1.62. The number of allylic oxidation sites excluding steroid dienone is 1. The quantitative estimate of drug-likeness (QED) is 0.851. The van der Waals surface area contributed by atoms with Crippen molar-refractivity contribution >= 4 is 5.91 Å². The zero-order chi connectivity index (χ0) is 16.4. The zero-order valence-corrected chi connectivity index (χ0v) is 14.3. The lowest BCUT2D eigenvalue weighted by atomic mass is 9.98. The first kappa shape index (κ1) is 16.7. The van der Waals surface area contributed by atoms with Crippen molar-refractivity contribution < 1.29 is 9.53 Å². The molecule has 1 fully saturated rings. The van der Waals surface area contributed by atoms with Crippen LogP contribution in [0.4, 0.5) is 0 Å². The highest BCUT2D eigenvalue weighted by Crippen LogP contribution is 2.33. The topological polar surface area (TPSA) is 56.1 Å². The Morgan fingerprint density at radius 3 is 2.77 bits per heavy atom. The molecule has 22 heavy (non-hydrogen) atoms. The summed E-state index contributed by atoms with van der Waals surface area (Å²) in [4.78, 5) is 12.4. The van der Waals surface area contributed by atoms with Crippen LogP contribution in [0.2, 0.25) is 0 Å². The van der Waals surface area contributed by atoms with E-state index in [0.717, 1.165) is 35.4 Å². The second-order valence-electron chi connectivity index (χ2n) is 6.47. The molecule has 0 aliphatic carbocycles. The van der Waals surface area contributed by atoms with E-state index in [0.29, 0.717) is 6.61 Å². The number of nitrogens with one attached hydrogen (secondary N) is 1. The maximum atomic E-state index is 12.4. The van der Waals surface area contributed by atoms with Crippen LogP contribution in [0.1, 0.15) is 49.7 Å². The average molecular weight is 305 g/mol. The fourth-order valence-electron chi connectivity index (χ4n) is 3.16. The monoisotopic (exact) mass is 305 g/mol. The number of rotatable bonds is 5. The Morgan fingerprint density at radius 1 is 1.55 bits per heavy atom. The van der Waals surface area contributed by atoms with Crippen molar-refractivity contribution in [3.63, 3.8) is 0 Å². The van der Waals surface area contributed by atoms with Crippen molar-refractivity contribution in [1.29, 1.82) is 0 Å². The van der Waals surface area contributed by atoms with E-state index in [1.807, 2.05) is 39.4 Å². The molecule has 1 aliphatic heterocycles. The molecule has 3 atom stereocenters. The van der Waals surface area contributed by atoms with Gasteiger partial charge in [-0.1, -0.05) is 12.5 Å². The van der Waals surface area contributed by atoms with E-state index in [1.54, 1.807) is 0 Å².